The molecule has 0 saturated carbocycles. The Bertz CT molecular complexity index is 723. The van der Waals surface area contributed by atoms with Crippen LogP contribution in [0.5, 0.6) is 11.5 Å². The van der Waals surface area contributed by atoms with E-state index in [0.29, 0.717) is 15.8 Å². The third-order valence-electron chi connectivity index (χ3n) is 2.77. The maximum atomic E-state index is 9.61. The molecule has 109 valence electrons. The molecule has 2 aromatic carbocycles. The van der Waals surface area contributed by atoms with Crippen molar-refractivity contribution in [3.05, 3.63) is 46.9 Å². The molecule has 0 aliphatic rings. The summed E-state index contributed by atoms with van der Waals surface area (Å²) in [5, 5.41) is 19.7. The number of furan rings is 1. The number of benzene rings is 2. The molecule has 2 N–H and O–H groups in total. The van der Waals surface area contributed by atoms with Crippen molar-refractivity contribution >= 4 is 41.0 Å². The zero-order valence-corrected chi connectivity index (χ0v) is 14.1. The van der Waals surface area contributed by atoms with E-state index in [1.165, 1.54) is 0 Å². The second-order valence-corrected chi connectivity index (χ2v) is 4.76. The van der Waals surface area contributed by atoms with Gasteiger partial charge in [-0.2, -0.15) is 0 Å². The van der Waals surface area contributed by atoms with E-state index in [0.717, 1.165) is 10.9 Å². The molecular weight excluding hydrogens is 440 g/mol. The molecule has 0 spiro atoms. The Morgan fingerprint density at radius 2 is 1.60 bits per heavy atom. The summed E-state index contributed by atoms with van der Waals surface area (Å²) in [6, 6.07) is 11.9. The molecule has 0 aliphatic carbocycles. The van der Waals surface area contributed by atoms with Crippen LogP contribution < -0.4 is 0 Å². The Hall–Kier alpha value is -0.941. The molecule has 0 atom stereocenters. The Morgan fingerprint density at radius 1 is 0.950 bits per heavy atom. The van der Waals surface area contributed by atoms with Gasteiger partial charge in [-0.15, -0.1) is 0 Å². The van der Waals surface area contributed by atoms with Crippen molar-refractivity contribution in [3.63, 3.8) is 0 Å². The van der Waals surface area contributed by atoms with E-state index in [-0.39, 0.29) is 11.5 Å². The number of fused-ring (bicyclic) bond motifs is 1. The first kappa shape index (κ1) is 15.4. The molecule has 3 nitrogen and oxygen atoms in total. The molecule has 3 aromatic rings. The van der Waals surface area contributed by atoms with Crippen LogP contribution in [0, 0.1) is 0 Å². The second kappa shape index (κ2) is 6.68. The van der Waals surface area contributed by atoms with E-state index in [4.69, 9.17) is 4.42 Å². The van der Waals surface area contributed by atoms with E-state index >= 15 is 0 Å². The second-order valence-electron chi connectivity index (χ2n) is 3.97. The number of halogens is 2. The van der Waals surface area contributed by atoms with Crippen molar-refractivity contribution in [2.24, 2.45) is 0 Å². The molecule has 0 saturated heterocycles. The van der Waals surface area contributed by atoms with Crippen molar-refractivity contribution in [2.75, 3.05) is 0 Å². The first-order valence-electron chi connectivity index (χ1n) is 5.47. The van der Waals surface area contributed by atoms with Crippen LogP contribution in [0.25, 0.3) is 22.3 Å². The van der Waals surface area contributed by atoms with E-state index in [1.807, 2.05) is 6.07 Å². The Balaban J connectivity index is 0.000000704. The summed E-state index contributed by atoms with van der Waals surface area (Å²) in [4.78, 5) is 0. The van der Waals surface area contributed by atoms with Crippen LogP contribution in [-0.2, 0) is 14.2 Å². The van der Waals surface area contributed by atoms with E-state index in [9.17, 15) is 10.2 Å². The molecular formula is C14H10Br2CuO3. The minimum atomic E-state index is 0.181. The molecule has 0 amide bonds. The molecule has 1 aromatic heterocycles. The number of hydrogen-bond acceptors (Lipinski definition) is 3. The van der Waals surface area contributed by atoms with Crippen LogP contribution in [0.15, 0.2) is 51.4 Å². The van der Waals surface area contributed by atoms with E-state index in [1.54, 1.807) is 36.4 Å². The SMILES string of the molecule is Oc1ccc(-c2cc3c(Br)c(O)ccc3o2)cc1.[CuH][Br]. The van der Waals surface area contributed by atoms with Crippen molar-refractivity contribution in [1.82, 2.24) is 0 Å². The zero-order chi connectivity index (χ0) is 14.7. The van der Waals surface area contributed by atoms with Gasteiger partial charge >= 0.3 is 28.3 Å². The van der Waals surface area contributed by atoms with Crippen LogP contribution >= 0.6 is 30.0 Å². The molecule has 3 rings (SSSR count). The first-order valence-corrected chi connectivity index (χ1v) is 8.71. The summed E-state index contributed by atoms with van der Waals surface area (Å²) < 4.78 is 6.33. The van der Waals surface area contributed by atoms with Crippen LogP contribution in [0.1, 0.15) is 0 Å². The Morgan fingerprint density at radius 3 is 2.25 bits per heavy atom. The van der Waals surface area contributed by atoms with E-state index < -0.39 is 0 Å². The molecule has 0 aliphatic heterocycles. The first-order chi connectivity index (χ1) is 9.65. The van der Waals surface area contributed by atoms with Gasteiger partial charge in [0, 0.05) is 10.9 Å². The average molecular weight is 450 g/mol. The van der Waals surface area contributed by atoms with Gasteiger partial charge in [-0.25, -0.2) is 0 Å². The van der Waals surface area contributed by atoms with Crippen LogP contribution in [0.2, 0.25) is 0 Å². The van der Waals surface area contributed by atoms with Gasteiger partial charge in [0.25, 0.3) is 0 Å². The predicted molar refractivity (Wildman–Crippen MR) is 83.0 cm³/mol. The standard InChI is InChI=1S/C14H9BrO3.BrH.Cu.H/c15-14-10-7-13(8-1-3-9(16)4-2-8)18-12(10)6-5-11(14)17;;;/h1-7,16-17H;1H;;/q;;+1;/p-1. The molecule has 0 radical (unpaired) electrons. The van der Waals surface area contributed by atoms with Gasteiger partial charge in [-0.1, -0.05) is 0 Å². The van der Waals surface area contributed by atoms with Crippen molar-refractivity contribution in [1.29, 1.82) is 0 Å². The van der Waals surface area contributed by atoms with Gasteiger partial charge in [0.15, 0.2) is 0 Å². The zero-order valence-electron chi connectivity index (χ0n) is 9.92. The van der Waals surface area contributed by atoms with Crippen LogP contribution in [0.3, 0.4) is 0 Å². The number of phenolic OH excluding ortho intramolecular Hbond substituents is 2. The summed E-state index contributed by atoms with van der Waals surface area (Å²) in [5.74, 6) is 1.09. The fourth-order valence-electron chi connectivity index (χ4n) is 1.83. The van der Waals surface area contributed by atoms with Gasteiger partial charge in [0.2, 0.25) is 0 Å². The minimum absolute atomic E-state index is 0.181. The summed E-state index contributed by atoms with van der Waals surface area (Å²) in [6.45, 7) is 0. The van der Waals surface area contributed by atoms with Gasteiger partial charge < -0.3 is 14.6 Å². The predicted octanol–water partition coefficient (Wildman–Crippen LogP) is 4.85. The molecule has 0 unspecified atom stereocenters. The van der Waals surface area contributed by atoms with Crippen molar-refractivity contribution in [3.8, 4) is 22.8 Å². The van der Waals surface area contributed by atoms with E-state index in [2.05, 4.69) is 44.2 Å². The summed E-state index contributed by atoms with van der Waals surface area (Å²) >= 11 is 9.58. The number of hydrogen-bond donors (Lipinski definition) is 2. The van der Waals surface area contributed by atoms with Crippen LogP contribution in [-0.4, -0.2) is 10.2 Å². The Kier molecular flexibility index (Phi) is 5.16. The molecule has 1 heterocycles. The fourth-order valence-corrected chi connectivity index (χ4v) is 2.28. The normalized spacial score (nSPS) is 10.2. The summed E-state index contributed by atoms with van der Waals surface area (Å²) in [7, 11) is 0. The number of aromatic hydroxyl groups is 2. The Labute approximate surface area is 139 Å². The molecule has 0 fully saturated rings. The topological polar surface area (TPSA) is 53.6 Å². The van der Waals surface area contributed by atoms with Gasteiger partial charge in [0.1, 0.15) is 22.8 Å². The third kappa shape index (κ3) is 3.04. The van der Waals surface area contributed by atoms with Crippen molar-refractivity contribution < 1.29 is 28.8 Å². The van der Waals surface area contributed by atoms with Gasteiger partial charge in [-0.05, 0) is 58.4 Å². The number of rotatable bonds is 1. The fraction of sp³-hybridized carbons (Fsp3) is 0. The van der Waals surface area contributed by atoms with Crippen molar-refractivity contribution in [2.45, 2.75) is 0 Å². The quantitative estimate of drug-likeness (QED) is 0.522. The molecule has 20 heavy (non-hydrogen) atoms. The molecule has 0 bridgehead atoms. The molecule has 6 heteroatoms. The average Bonchev–Trinajstić information content (AvgIpc) is 2.91. The number of phenols is 2. The van der Waals surface area contributed by atoms with Gasteiger partial charge in [-0.3, -0.25) is 0 Å². The summed E-state index contributed by atoms with van der Waals surface area (Å²) in [5.41, 5.74) is 1.57. The monoisotopic (exact) mass is 447 g/mol. The third-order valence-corrected chi connectivity index (χ3v) is 3.60. The van der Waals surface area contributed by atoms with Crippen LogP contribution in [0.4, 0.5) is 0 Å². The maximum absolute atomic E-state index is 9.61. The summed E-state index contributed by atoms with van der Waals surface area (Å²) in [6.07, 6.45) is 0. The van der Waals surface area contributed by atoms with Gasteiger partial charge in [0.05, 0.1) is 4.47 Å².